The van der Waals surface area contributed by atoms with Crippen LogP contribution in [0.15, 0.2) is 23.0 Å². The van der Waals surface area contributed by atoms with Crippen LogP contribution in [0.25, 0.3) is 11.0 Å². The van der Waals surface area contributed by atoms with E-state index in [1.54, 1.807) is 16.2 Å². The number of fused-ring (bicyclic) bond motifs is 1. The van der Waals surface area contributed by atoms with Crippen LogP contribution in [0.4, 0.5) is 5.69 Å². The Morgan fingerprint density at radius 3 is 2.50 bits per heavy atom. The van der Waals surface area contributed by atoms with E-state index in [0.29, 0.717) is 23.9 Å². The number of carbonyl (C=O) groups is 2. The number of benzene rings is 1. The zero-order valence-corrected chi connectivity index (χ0v) is 19.2. The zero-order chi connectivity index (χ0) is 22.6. The Balaban J connectivity index is 1.43. The van der Waals surface area contributed by atoms with E-state index < -0.39 is 11.9 Å². The third kappa shape index (κ3) is 3.27. The number of para-hydroxylation sites is 1. The van der Waals surface area contributed by atoms with Gasteiger partial charge in [-0.15, -0.1) is 0 Å². The Morgan fingerprint density at radius 2 is 1.84 bits per heavy atom. The van der Waals surface area contributed by atoms with E-state index in [1.165, 1.54) is 38.5 Å². The second kappa shape index (κ2) is 7.76. The van der Waals surface area contributed by atoms with Gasteiger partial charge in [0.05, 0.1) is 16.7 Å². The first-order chi connectivity index (χ1) is 15.3. The van der Waals surface area contributed by atoms with E-state index in [4.69, 9.17) is 0 Å². The molecular formula is C24H33N5O3. The topological polar surface area (TPSA) is 88.4 Å². The first-order valence-corrected chi connectivity index (χ1v) is 11.8. The summed E-state index contributed by atoms with van der Waals surface area (Å²) in [7, 11) is 5.96. The van der Waals surface area contributed by atoms with Crippen LogP contribution in [-0.2, 0) is 16.6 Å². The summed E-state index contributed by atoms with van der Waals surface area (Å²) in [6, 6.07) is 6.40. The molecular weight excluding hydrogens is 406 g/mol. The van der Waals surface area contributed by atoms with E-state index >= 15 is 0 Å². The number of hydrogen-bond acceptors (Lipinski definition) is 5. The molecule has 32 heavy (non-hydrogen) atoms. The highest BCUT2D eigenvalue weighted by atomic mass is 16.2. The van der Waals surface area contributed by atoms with Gasteiger partial charge in [-0.2, -0.15) is 0 Å². The Labute approximate surface area is 187 Å². The number of carbonyl (C=O) groups excluding carboxylic acids is 2. The van der Waals surface area contributed by atoms with Crippen LogP contribution in [0, 0.1) is 5.41 Å². The maximum Gasteiger partial charge on any atom is 0.329 e. The molecule has 2 aromatic rings. The summed E-state index contributed by atoms with van der Waals surface area (Å²) >= 11 is 0. The van der Waals surface area contributed by atoms with E-state index in [2.05, 4.69) is 35.7 Å². The molecule has 2 saturated carbocycles. The molecule has 1 saturated heterocycles. The van der Waals surface area contributed by atoms with Gasteiger partial charge < -0.3 is 10.2 Å². The molecule has 2 amide bonds. The largest absolute Gasteiger partial charge is 0.370 e. The molecule has 5 rings (SSSR count). The molecule has 8 heteroatoms. The molecule has 1 aromatic heterocycles. The van der Waals surface area contributed by atoms with Crippen LogP contribution in [0.5, 0.6) is 0 Å². The molecule has 1 aliphatic heterocycles. The van der Waals surface area contributed by atoms with Gasteiger partial charge in [-0.1, -0.05) is 6.07 Å². The number of imide groups is 1. The molecule has 2 N–H and O–H groups in total. The van der Waals surface area contributed by atoms with Gasteiger partial charge in [0.25, 0.3) is 0 Å². The first kappa shape index (κ1) is 21.2. The molecule has 0 bridgehead atoms. The van der Waals surface area contributed by atoms with Crippen LogP contribution in [0.2, 0.25) is 0 Å². The minimum absolute atomic E-state index is 0.217. The predicted molar refractivity (Wildman–Crippen MR) is 124 cm³/mol. The lowest BCUT2D eigenvalue weighted by Gasteiger charge is -2.54. The highest BCUT2D eigenvalue weighted by Crippen LogP contribution is 2.53. The van der Waals surface area contributed by atoms with Gasteiger partial charge in [-0.05, 0) is 69.5 Å². The second-order valence-corrected chi connectivity index (χ2v) is 10.1. The van der Waals surface area contributed by atoms with Crippen molar-refractivity contribution in [3.63, 3.8) is 0 Å². The number of imidazole rings is 1. The minimum atomic E-state index is -0.654. The maximum atomic E-state index is 13.2. The lowest BCUT2D eigenvalue weighted by molar-refractivity contribution is -0.135. The smallest absolute Gasteiger partial charge is 0.329 e. The lowest BCUT2D eigenvalue weighted by atomic mass is 9.57. The standard InChI is InChI=1S/C24H33N5O3/c1-25-15-9-11-24(12-10-15)13-16(14-24)27(2)17-5-4-6-18-21(17)28(3)23(32)29(18)19-7-8-20(30)26-22(19)31/h4-6,15-16,19,25H,7-14H2,1-3H3,(H,26,30,31). The number of anilines is 1. The predicted octanol–water partition coefficient (Wildman–Crippen LogP) is 2.06. The number of nitrogens with zero attached hydrogens (tertiary/aromatic N) is 3. The number of hydrogen-bond donors (Lipinski definition) is 2. The van der Waals surface area contributed by atoms with Crippen molar-refractivity contribution < 1.29 is 9.59 Å². The van der Waals surface area contributed by atoms with Gasteiger partial charge in [0.1, 0.15) is 6.04 Å². The lowest BCUT2D eigenvalue weighted by Crippen LogP contribution is -2.52. The Bertz CT molecular complexity index is 1120. The fourth-order valence-corrected chi connectivity index (χ4v) is 6.27. The third-order valence-electron chi connectivity index (χ3n) is 8.32. The van der Waals surface area contributed by atoms with Gasteiger partial charge in [0.15, 0.2) is 0 Å². The van der Waals surface area contributed by atoms with Crippen molar-refractivity contribution in [3.8, 4) is 0 Å². The van der Waals surface area contributed by atoms with Gasteiger partial charge in [-0.25, -0.2) is 4.79 Å². The highest BCUT2D eigenvalue weighted by Gasteiger charge is 2.47. The number of nitrogens with one attached hydrogen (secondary N) is 2. The molecule has 2 aliphatic carbocycles. The van der Waals surface area contributed by atoms with Crippen LogP contribution in [-0.4, -0.2) is 47.1 Å². The van der Waals surface area contributed by atoms with Crippen molar-refractivity contribution in [2.24, 2.45) is 12.5 Å². The van der Waals surface area contributed by atoms with E-state index in [0.717, 1.165) is 16.7 Å². The monoisotopic (exact) mass is 439 g/mol. The van der Waals surface area contributed by atoms with Crippen molar-refractivity contribution in [1.29, 1.82) is 0 Å². The number of aromatic nitrogens is 2. The molecule has 1 unspecified atom stereocenters. The van der Waals surface area contributed by atoms with Crippen LogP contribution >= 0.6 is 0 Å². The summed E-state index contributed by atoms with van der Waals surface area (Å²) < 4.78 is 3.22. The number of rotatable bonds is 4. The SMILES string of the molecule is CNC1CCC2(CC1)CC(N(C)c1cccc3c1n(C)c(=O)n3C1CCC(=O)NC1=O)C2. The first-order valence-electron chi connectivity index (χ1n) is 11.8. The Kier molecular flexibility index (Phi) is 5.15. The number of amides is 2. The average Bonchev–Trinajstić information content (AvgIpc) is 3.02. The number of aryl methyl sites for hydroxylation is 1. The maximum absolute atomic E-state index is 13.2. The van der Waals surface area contributed by atoms with Crippen molar-refractivity contribution in [3.05, 3.63) is 28.7 Å². The molecule has 3 aliphatic rings. The molecule has 3 fully saturated rings. The summed E-state index contributed by atoms with van der Waals surface area (Å²) in [4.78, 5) is 39.6. The van der Waals surface area contributed by atoms with Crippen molar-refractivity contribution in [1.82, 2.24) is 19.8 Å². The summed E-state index contributed by atoms with van der Waals surface area (Å²) in [5.41, 5.74) is 2.89. The third-order valence-corrected chi connectivity index (χ3v) is 8.32. The number of piperidine rings is 1. The average molecular weight is 440 g/mol. The van der Waals surface area contributed by atoms with Crippen molar-refractivity contribution in [2.75, 3.05) is 19.0 Å². The Hall–Kier alpha value is -2.61. The van der Waals surface area contributed by atoms with E-state index in [1.807, 2.05) is 12.1 Å². The Morgan fingerprint density at radius 1 is 1.12 bits per heavy atom. The molecule has 1 spiro atoms. The van der Waals surface area contributed by atoms with Crippen LogP contribution in [0.1, 0.15) is 57.4 Å². The van der Waals surface area contributed by atoms with Crippen molar-refractivity contribution >= 4 is 28.5 Å². The van der Waals surface area contributed by atoms with Gasteiger partial charge in [0, 0.05) is 32.6 Å². The normalized spacial score (nSPS) is 30.4. The summed E-state index contributed by atoms with van der Waals surface area (Å²) in [5, 5.41) is 5.81. The molecule has 172 valence electrons. The van der Waals surface area contributed by atoms with Crippen molar-refractivity contribution in [2.45, 2.75) is 69.5 Å². The molecule has 2 heterocycles. The van der Waals surface area contributed by atoms with E-state index in [-0.39, 0.29) is 18.0 Å². The zero-order valence-electron chi connectivity index (χ0n) is 19.2. The highest BCUT2D eigenvalue weighted by molar-refractivity contribution is 6.00. The quantitative estimate of drug-likeness (QED) is 0.712. The molecule has 1 atom stereocenters. The summed E-state index contributed by atoms with van der Waals surface area (Å²) in [6.07, 6.45) is 8.07. The molecule has 8 nitrogen and oxygen atoms in total. The second-order valence-electron chi connectivity index (χ2n) is 10.1. The fourth-order valence-electron chi connectivity index (χ4n) is 6.27. The minimum Gasteiger partial charge on any atom is -0.370 e. The summed E-state index contributed by atoms with van der Waals surface area (Å²) in [6.45, 7) is 0. The van der Waals surface area contributed by atoms with Crippen LogP contribution in [0.3, 0.4) is 0 Å². The molecule has 0 radical (unpaired) electrons. The summed E-state index contributed by atoms with van der Waals surface area (Å²) in [5.74, 6) is -0.671. The van der Waals surface area contributed by atoms with Gasteiger partial charge in [-0.3, -0.25) is 24.0 Å². The fraction of sp³-hybridized carbons (Fsp3) is 0.625. The van der Waals surface area contributed by atoms with E-state index in [9.17, 15) is 14.4 Å². The van der Waals surface area contributed by atoms with Gasteiger partial charge in [0.2, 0.25) is 11.8 Å². The molecule has 1 aromatic carbocycles. The van der Waals surface area contributed by atoms with Crippen LogP contribution < -0.4 is 21.2 Å². The van der Waals surface area contributed by atoms with Gasteiger partial charge >= 0.3 is 5.69 Å².